The van der Waals surface area contributed by atoms with E-state index in [2.05, 4.69) is 32.3 Å². The summed E-state index contributed by atoms with van der Waals surface area (Å²) in [6.45, 7) is 8.53. The maximum absolute atomic E-state index is 12.4. The van der Waals surface area contributed by atoms with Crippen molar-refractivity contribution in [2.24, 2.45) is 5.92 Å². The van der Waals surface area contributed by atoms with E-state index in [1.165, 1.54) is 0 Å². The molecule has 0 saturated carbocycles. The van der Waals surface area contributed by atoms with Crippen molar-refractivity contribution < 1.29 is 18.8 Å². The second-order valence-electron chi connectivity index (χ2n) is 11.2. The van der Waals surface area contributed by atoms with Gasteiger partial charge in [-0.3, -0.25) is 9.72 Å². The number of carbonyl (C=O) groups excluding carboxylic acids is 1. The Morgan fingerprint density at radius 1 is 1.10 bits per heavy atom. The van der Waals surface area contributed by atoms with Crippen LogP contribution in [0, 0.1) is 5.92 Å². The molecule has 1 saturated heterocycles. The summed E-state index contributed by atoms with van der Waals surface area (Å²) >= 11 is 1.64. The summed E-state index contributed by atoms with van der Waals surface area (Å²) in [4.78, 5) is 18.2. The summed E-state index contributed by atoms with van der Waals surface area (Å²) in [5.41, 5.74) is 3.42. The van der Waals surface area contributed by atoms with Crippen molar-refractivity contribution in [2.45, 2.75) is 45.4 Å². The minimum atomic E-state index is -0.387. The van der Waals surface area contributed by atoms with Crippen LogP contribution < -0.4 is 15.4 Å². The van der Waals surface area contributed by atoms with Gasteiger partial charge in [-0.25, -0.2) is 9.78 Å². The van der Waals surface area contributed by atoms with Gasteiger partial charge < -0.3 is 19.3 Å². The van der Waals surface area contributed by atoms with Crippen molar-refractivity contribution >= 4 is 44.1 Å². The van der Waals surface area contributed by atoms with E-state index in [1.807, 2.05) is 57.3 Å². The Labute approximate surface area is 236 Å². The second kappa shape index (κ2) is 10.9. The summed E-state index contributed by atoms with van der Waals surface area (Å²) in [6.07, 6.45) is 5.37. The fourth-order valence-electron chi connectivity index (χ4n) is 4.78. The standard InChI is InChI=1S/C30H33N5O4S/c1-30(2,3)26-17-27(34-39-26)33-28(36)31-21-6-4-20(5-7-21)23-18-35-24-9-8-22(16-25(24)40-29(35)32-23)38-15-12-19-10-13-37-14-11-19/h4-9,16-19H,10-15H2,1-3H3,(H2,31,33,34,36). The first-order valence-electron chi connectivity index (χ1n) is 13.6. The average Bonchev–Trinajstić information content (AvgIpc) is 3.64. The first kappa shape index (κ1) is 26.3. The molecule has 40 heavy (non-hydrogen) atoms. The first-order valence-corrected chi connectivity index (χ1v) is 14.4. The van der Waals surface area contributed by atoms with Gasteiger partial charge in [0.05, 0.1) is 22.5 Å². The van der Waals surface area contributed by atoms with Crippen LogP contribution in [0.15, 0.2) is 59.3 Å². The van der Waals surface area contributed by atoms with E-state index < -0.39 is 0 Å². The number of nitrogens with one attached hydrogen (secondary N) is 2. The van der Waals surface area contributed by atoms with Crippen molar-refractivity contribution in [3.8, 4) is 17.0 Å². The highest BCUT2D eigenvalue weighted by atomic mass is 32.1. The number of amides is 2. The topological polar surface area (TPSA) is 103 Å². The molecule has 0 atom stereocenters. The lowest BCUT2D eigenvalue weighted by molar-refractivity contribution is 0.0593. The smallest absolute Gasteiger partial charge is 0.324 e. The third-order valence-electron chi connectivity index (χ3n) is 7.13. The van der Waals surface area contributed by atoms with Gasteiger partial charge in [0.15, 0.2) is 10.8 Å². The van der Waals surface area contributed by atoms with Crippen LogP contribution in [0.3, 0.4) is 0 Å². The fraction of sp³-hybridized carbons (Fsp3) is 0.367. The number of imidazole rings is 1. The second-order valence-corrected chi connectivity index (χ2v) is 12.2. The highest BCUT2D eigenvalue weighted by Gasteiger charge is 2.20. The molecule has 0 bridgehead atoms. The van der Waals surface area contributed by atoms with E-state index in [0.29, 0.717) is 23.2 Å². The molecule has 2 amide bonds. The van der Waals surface area contributed by atoms with Crippen LogP contribution in [-0.4, -0.2) is 40.4 Å². The molecule has 2 aromatic carbocycles. The molecule has 1 aliphatic rings. The van der Waals surface area contributed by atoms with Gasteiger partial charge in [-0.1, -0.05) is 49.4 Å². The van der Waals surface area contributed by atoms with E-state index >= 15 is 0 Å². The number of benzene rings is 2. The lowest BCUT2D eigenvalue weighted by Crippen LogP contribution is -2.19. The van der Waals surface area contributed by atoms with Crippen LogP contribution in [0.2, 0.25) is 0 Å². The third kappa shape index (κ3) is 5.83. The molecule has 3 aromatic heterocycles. The molecule has 10 heteroatoms. The van der Waals surface area contributed by atoms with E-state index in [4.69, 9.17) is 19.0 Å². The van der Waals surface area contributed by atoms with E-state index in [1.54, 1.807) is 17.4 Å². The van der Waals surface area contributed by atoms with E-state index in [-0.39, 0.29) is 11.4 Å². The molecule has 9 nitrogen and oxygen atoms in total. The predicted octanol–water partition coefficient (Wildman–Crippen LogP) is 7.34. The number of hydrogen-bond donors (Lipinski definition) is 2. The highest BCUT2D eigenvalue weighted by Crippen LogP contribution is 2.32. The van der Waals surface area contributed by atoms with Gasteiger partial charge >= 0.3 is 6.03 Å². The van der Waals surface area contributed by atoms with Gasteiger partial charge in [0.1, 0.15) is 11.5 Å². The molecule has 0 unspecified atom stereocenters. The quantitative estimate of drug-likeness (QED) is 0.216. The number of rotatable bonds is 7. The van der Waals surface area contributed by atoms with Gasteiger partial charge in [-0.05, 0) is 55.5 Å². The Morgan fingerprint density at radius 3 is 2.65 bits per heavy atom. The van der Waals surface area contributed by atoms with Crippen LogP contribution in [0.5, 0.6) is 5.75 Å². The first-order chi connectivity index (χ1) is 19.3. The minimum absolute atomic E-state index is 0.185. The van der Waals surface area contributed by atoms with Gasteiger partial charge in [0.25, 0.3) is 0 Å². The molecule has 2 N–H and O–H groups in total. The van der Waals surface area contributed by atoms with E-state index in [9.17, 15) is 4.79 Å². The van der Waals surface area contributed by atoms with Crippen molar-refractivity contribution in [2.75, 3.05) is 30.5 Å². The predicted molar refractivity (Wildman–Crippen MR) is 158 cm³/mol. The third-order valence-corrected chi connectivity index (χ3v) is 8.15. The van der Waals surface area contributed by atoms with E-state index in [0.717, 1.165) is 71.3 Å². The van der Waals surface area contributed by atoms with Crippen LogP contribution in [0.25, 0.3) is 26.4 Å². The maximum Gasteiger partial charge on any atom is 0.324 e. The van der Waals surface area contributed by atoms with Gasteiger partial charge in [-0.2, -0.15) is 0 Å². The Kier molecular flexibility index (Phi) is 7.20. The maximum atomic E-state index is 12.4. The van der Waals surface area contributed by atoms with Crippen molar-refractivity contribution in [1.29, 1.82) is 0 Å². The van der Waals surface area contributed by atoms with Crippen LogP contribution >= 0.6 is 11.3 Å². The lowest BCUT2D eigenvalue weighted by atomic mass is 9.93. The molecule has 1 fully saturated rings. The van der Waals surface area contributed by atoms with Crippen LogP contribution in [0.4, 0.5) is 16.3 Å². The van der Waals surface area contributed by atoms with Crippen LogP contribution in [-0.2, 0) is 10.2 Å². The molecule has 1 aliphatic heterocycles. The number of urea groups is 1. The lowest BCUT2D eigenvalue weighted by Gasteiger charge is -2.21. The van der Waals surface area contributed by atoms with Gasteiger partial charge in [-0.15, -0.1) is 0 Å². The number of nitrogens with zero attached hydrogens (tertiary/aromatic N) is 3. The summed E-state index contributed by atoms with van der Waals surface area (Å²) in [5.74, 6) is 2.67. The number of fused-ring (bicyclic) bond motifs is 3. The molecule has 208 valence electrons. The number of thiazole rings is 1. The van der Waals surface area contributed by atoms with Crippen molar-refractivity contribution in [1.82, 2.24) is 14.5 Å². The molecular weight excluding hydrogens is 526 g/mol. The molecule has 0 spiro atoms. The monoisotopic (exact) mass is 559 g/mol. The number of ether oxygens (including phenoxy) is 2. The minimum Gasteiger partial charge on any atom is -0.494 e. The Morgan fingerprint density at radius 2 is 1.90 bits per heavy atom. The van der Waals surface area contributed by atoms with Gasteiger partial charge in [0.2, 0.25) is 0 Å². The summed E-state index contributed by atoms with van der Waals surface area (Å²) in [6, 6.07) is 15.2. The molecular formula is C30H33N5O4S. The fourth-order valence-corrected chi connectivity index (χ4v) is 5.82. The zero-order valence-electron chi connectivity index (χ0n) is 22.9. The number of anilines is 2. The molecule has 0 radical (unpaired) electrons. The van der Waals surface area contributed by atoms with Gasteiger partial charge in [0, 0.05) is 42.1 Å². The van der Waals surface area contributed by atoms with Crippen LogP contribution in [0.1, 0.15) is 45.8 Å². The molecule has 4 heterocycles. The SMILES string of the molecule is CC(C)(C)c1cc(NC(=O)Nc2ccc(-c3cn4c(n3)sc3cc(OCCC5CCOCC5)ccc34)cc2)no1. The van der Waals surface area contributed by atoms with Crippen molar-refractivity contribution in [3.63, 3.8) is 0 Å². The number of hydrogen-bond acceptors (Lipinski definition) is 7. The summed E-state index contributed by atoms with van der Waals surface area (Å²) in [5, 5.41) is 9.46. The number of aromatic nitrogens is 3. The van der Waals surface area contributed by atoms with Crippen molar-refractivity contribution in [3.05, 3.63) is 60.5 Å². The Hall–Kier alpha value is -3.89. The zero-order chi connectivity index (χ0) is 27.7. The molecule has 5 aromatic rings. The Bertz CT molecular complexity index is 1620. The summed E-state index contributed by atoms with van der Waals surface area (Å²) < 4.78 is 20.1. The molecule has 0 aliphatic carbocycles. The molecule has 6 rings (SSSR count). The zero-order valence-corrected chi connectivity index (χ0v) is 23.7. The highest BCUT2D eigenvalue weighted by molar-refractivity contribution is 7.23. The number of carbonyl (C=O) groups is 1. The largest absolute Gasteiger partial charge is 0.494 e. The normalized spacial score (nSPS) is 14.6. The Balaban J connectivity index is 1.08. The average molecular weight is 560 g/mol. The summed E-state index contributed by atoms with van der Waals surface area (Å²) in [7, 11) is 0.